The minimum atomic E-state index is -1.02. The van der Waals surface area contributed by atoms with Gasteiger partial charge in [-0.2, -0.15) is 0 Å². The lowest BCUT2D eigenvalue weighted by Gasteiger charge is -2.14. The number of carboxylic acid groups (broad SMARTS) is 1. The molecule has 0 aliphatic rings. The highest BCUT2D eigenvalue weighted by atomic mass is 19.1. The summed E-state index contributed by atoms with van der Waals surface area (Å²) < 4.78 is 19.0. The van der Waals surface area contributed by atoms with Gasteiger partial charge in [-0.05, 0) is 24.8 Å². The van der Waals surface area contributed by atoms with Crippen molar-refractivity contribution in [1.82, 2.24) is 0 Å². The fourth-order valence-electron chi connectivity index (χ4n) is 1.79. The van der Waals surface area contributed by atoms with E-state index in [0.29, 0.717) is 19.1 Å². The molecular formula is C15H21FO3. The Kier molecular flexibility index (Phi) is 6.50. The van der Waals surface area contributed by atoms with Gasteiger partial charge in [0.15, 0.2) is 0 Å². The molecule has 1 atom stereocenters. The summed E-state index contributed by atoms with van der Waals surface area (Å²) in [5.74, 6) is -1.78. The molecule has 1 rings (SSSR count). The standard InChI is InChI=1S/C15H21FO3/c1-11(2)7-9-19-10-8-13(15(17)18)12-5-3-4-6-14(12)16/h3-6,11,13H,7-10H2,1-2H3,(H,17,18). The molecule has 1 aromatic carbocycles. The largest absolute Gasteiger partial charge is 0.481 e. The van der Waals surface area contributed by atoms with Crippen molar-refractivity contribution >= 4 is 5.97 Å². The predicted molar refractivity (Wildman–Crippen MR) is 71.7 cm³/mol. The second-order valence-corrected chi connectivity index (χ2v) is 5.00. The second kappa shape index (κ2) is 7.89. The lowest BCUT2D eigenvalue weighted by Crippen LogP contribution is -2.16. The van der Waals surface area contributed by atoms with Gasteiger partial charge in [0.05, 0.1) is 5.92 Å². The average Bonchev–Trinajstić information content (AvgIpc) is 2.34. The SMILES string of the molecule is CC(C)CCOCCC(C(=O)O)c1ccccc1F. The smallest absolute Gasteiger partial charge is 0.311 e. The van der Waals surface area contributed by atoms with Crippen molar-refractivity contribution in [3.05, 3.63) is 35.6 Å². The van der Waals surface area contributed by atoms with E-state index >= 15 is 0 Å². The molecule has 0 aliphatic heterocycles. The van der Waals surface area contributed by atoms with Gasteiger partial charge in [-0.25, -0.2) is 4.39 Å². The monoisotopic (exact) mass is 268 g/mol. The Hall–Kier alpha value is -1.42. The molecule has 0 spiro atoms. The van der Waals surface area contributed by atoms with Crippen LogP contribution in [0.25, 0.3) is 0 Å². The summed E-state index contributed by atoms with van der Waals surface area (Å²) >= 11 is 0. The quantitative estimate of drug-likeness (QED) is 0.734. The van der Waals surface area contributed by atoms with Crippen molar-refractivity contribution in [2.75, 3.05) is 13.2 Å². The Morgan fingerprint density at radius 1 is 1.26 bits per heavy atom. The number of hydrogen-bond acceptors (Lipinski definition) is 2. The molecule has 1 unspecified atom stereocenters. The number of rotatable bonds is 8. The Balaban J connectivity index is 2.51. The van der Waals surface area contributed by atoms with E-state index in [1.807, 2.05) is 0 Å². The van der Waals surface area contributed by atoms with E-state index in [4.69, 9.17) is 4.74 Å². The van der Waals surface area contributed by atoms with Gasteiger partial charge in [0, 0.05) is 18.8 Å². The lowest BCUT2D eigenvalue weighted by atomic mass is 9.96. The first-order valence-electron chi connectivity index (χ1n) is 6.57. The van der Waals surface area contributed by atoms with Gasteiger partial charge in [0.1, 0.15) is 5.82 Å². The van der Waals surface area contributed by atoms with Crippen LogP contribution < -0.4 is 0 Å². The first kappa shape index (κ1) is 15.6. The summed E-state index contributed by atoms with van der Waals surface area (Å²) in [4.78, 5) is 11.2. The fourth-order valence-corrected chi connectivity index (χ4v) is 1.79. The number of carboxylic acids is 1. The number of halogens is 1. The van der Waals surface area contributed by atoms with E-state index in [0.717, 1.165) is 6.42 Å². The fraction of sp³-hybridized carbons (Fsp3) is 0.533. The number of ether oxygens (including phenoxy) is 1. The van der Waals surface area contributed by atoms with Crippen molar-refractivity contribution in [1.29, 1.82) is 0 Å². The van der Waals surface area contributed by atoms with E-state index in [1.54, 1.807) is 12.1 Å². The van der Waals surface area contributed by atoms with Crippen LogP contribution in [0, 0.1) is 11.7 Å². The number of carbonyl (C=O) groups is 1. The van der Waals surface area contributed by atoms with Crippen LogP contribution in [0.5, 0.6) is 0 Å². The first-order valence-corrected chi connectivity index (χ1v) is 6.57. The summed E-state index contributed by atoms with van der Waals surface area (Å²) in [5.41, 5.74) is 0.224. The van der Waals surface area contributed by atoms with Gasteiger partial charge in [0.2, 0.25) is 0 Å². The third-order valence-corrected chi connectivity index (χ3v) is 2.97. The third kappa shape index (κ3) is 5.39. The maximum Gasteiger partial charge on any atom is 0.311 e. The zero-order valence-electron chi connectivity index (χ0n) is 11.4. The summed E-state index contributed by atoms with van der Waals surface area (Å²) in [5, 5.41) is 9.17. The maximum atomic E-state index is 13.6. The van der Waals surface area contributed by atoms with Crippen LogP contribution in [0.4, 0.5) is 4.39 Å². The summed E-state index contributed by atoms with van der Waals surface area (Å²) in [6.07, 6.45) is 1.23. The molecule has 0 aliphatic carbocycles. The van der Waals surface area contributed by atoms with Crippen LogP contribution in [-0.4, -0.2) is 24.3 Å². The molecule has 0 radical (unpaired) electrons. The van der Waals surface area contributed by atoms with Crippen LogP contribution in [0.2, 0.25) is 0 Å². The zero-order chi connectivity index (χ0) is 14.3. The zero-order valence-corrected chi connectivity index (χ0v) is 11.4. The van der Waals surface area contributed by atoms with Crippen LogP contribution >= 0.6 is 0 Å². The van der Waals surface area contributed by atoms with E-state index in [1.165, 1.54) is 12.1 Å². The molecule has 3 nitrogen and oxygen atoms in total. The average molecular weight is 268 g/mol. The molecule has 4 heteroatoms. The molecule has 106 valence electrons. The van der Waals surface area contributed by atoms with Crippen LogP contribution in [0.3, 0.4) is 0 Å². The van der Waals surface area contributed by atoms with Crippen LogP contribution in [0.1, 0.15) is 38.2 Å². The number of benzene rings is 1. The van der Waals surface area contributed by atoms with Crippen LogP contribution in [0.15, 0.2) is 24.3 Å². The molecule has 0 saturated carbocycles. The van der Waals surface area contributed by atoms with E-state index < -0.39 is 17.7 Å². The molecule has 1 aromatic rings. The Morgan fingerprint density at radius 3 is 2.47 bits per heavy atom. The maximum absolute atomic E-state index is 13.6. The van der Waals surface area contributed by atoms with Gasteiger partial charge >= 0.3 is 5.97 Å². The van der Waals surface area contributed by atoms with Gasteiger partial charge in [-0.3, -0.25) is 4.79 Å². The van der Waals surface area contributed by atoms with Crippen molar-refractivity contribution < 1.29 is 19.0 Å². The molecule has 1 N–H and O–H groups in total. The highest BCUT2D eigenvalue weighted by molar-refractivity contribution is 5.76. The van der Waals surface area contributed by atoms with Crippen molar-refractivity contribution in [2.45, 2.75) is 32.6 Å². The van der Waals surface area contributed by atoms with Crippen molar-refractivity contribution in [3.8, 4) is 0 Å². The van der Waals surface area contributed by atoms with E-state index in [9.17, 15) is 14.3 Å². The molecule has 19 heavy (non-hydrogen) atoms. The third-order valence-electron chi connectivity index (χ3n) is 2.97. The summed E-state index contributed by atoms with van der Waals surface area (Å²) in [6, 6.07) is 6.00. The van der Waals surface area contributed by atoms with Crippen molar-refractivity contribution in [2.24, 2.45) is 5.92 Å². The van der Waals surface area contributed by atoms with E-state index in [-0.39, 0.29) is 12.0 Å². The minimum absolute atomic E-state index is 0.224. The van der Waals surface area contributed by atoms with Gasteiger partial charge in [-0.1, -0.05) is 32.0 Å². The highest BCUT2D eigenvalue weighted by Crippen LogP contribution is 2.22. The molecule has 0 aromatic heterocycles. The molecular weight excluding hydrogens is 247 g/mol. The van der Waals surface area contributed by atoms with E-state index in [2.05, 4.69) is 13.8 Å². The molecule has 0 saturated heterocycles. The van der Waals surface area contributed by atoms with Crippen molar-refractivity contribution in [3.63, 3.8) is 0 Å². The van der Waals surface area contributed by atoms with Crippen LogP contribution in [-0.2, 0) is 9.53 Å². The van der Waals surface area contributed by atoms with Gasteiger partial charge in [-0.15, -0.1) is 0 Å². The van der Waals surface area contributed by atoms with Gasteiger partial charge in [0.25, 0.3) is 0 Å². The minimum Gasteiger partial charge on any atom is -0.481 e. The lowest BCUT2D eigenvalue weighted by molar-refractivity contribution is -0.139. The Morgan fingerprint density at radius 2 is 1.89 bits per heavy atom. The molecule has 0 fully saturated rings. The normalized spacial score (nSPS) is 12.6. The summed E-state index contributed by atoms with van der Waals surface area (Å²) in [7, 11) is 0. The number of aliphatic carboxylic acids is 1. The molecule has 0 bridgehead atoms. The number of hydrogen-bond donors (Lipinski definition) is 1. The molecule has 0 heterocycles. The highest BCUT2D eigenvalue weighted by Gasteiger charge is 2.22. The Labute approximate surface area is 113 Å². The van der Waals surface area contributed by atoms with Gasteiger partial charge < -0.3 is 9.84 Å². The first-order chi connectivity index (χ1) is 9.02. The topological polar surface area (TPSA) is 46.5 Å². The second-order valence-electron chi connectivity index (χ2n) is 5.00. The molecule has 0 amide bonds. The predicted octanol–water partition coefficient (Wildman–Crippen LogP) is 3.45. The Bertz CT molecular complexity index is 404. The summed E-state index contributed by atoms with van der Waals surface area (Å²) in [6.45, 7) is 5.14.